The smallest absolute Gasteiger partial charge is 0.306 e. The summed E-state index contributed by atoms with van der Waals surface area (Å²) in [5.74, 6) is -2.29. The largest absolute Gasteiger partial charge is 0.545 e. The molecule has 0 spiro atoms. The summed E-state index contributed by atoms with van der Waals surface area (Å²) in [5.41, 5.74) is 0. The van der Waals surface area contributed by atoms with E-state index in [1.54, 1.807) is 0 Å². The Hall–Kier alpha value is -4.05. The van der Waals surface area contributed by atoms with Gasteiger partial charge < -0.3 is 33.3 Å². The maximum Gasteiger partial charge on any atom is 0.306 e. The van der Waals surface area contributed by atoms with Crippen LogP contribution in [0, 0.1) is 0 Å². The van der Waals surface area contributed by atoms with E-state index in [-0.39, 0.29) is 38.6 Å². The number of carboxylic acids is 1. The highest BCUT2D eigenvalue weighted by Crippen LogP contribution is 2.18. The van der Waals surface area contributed by atoms with Gasteiger partial charge in [0.1, 0.15) is 13.2 Å². The Morgan fingerprint density at radius 2 is 0.626 bits per heavy atom. The van der Waals surface area contributed by atoms with Crippen molar-refractivity contribution in [2.24, 2.45) is 0 Å². The van der Waals surface area contributed by atoms with Gasteiger partial charge in [0.05, 0.1) is 40.3 Å². The molecule has 91 heavy (non-hydrogen) atoms. The Morgan fingerprint density at radius 1 is 0.341 bits per heavy atom. The highest BCUT2D eigenvalue weighted by atomic mass is 16.7. The van der Waals surface area contributed by atoms with Crippen LogP contribution in [-0.2, 0) is 33.3 Å². The van der Waals surface area contributed by atoms with E-state index in [2.05, 4.69) is 123 Å². The van der Waals surface area contributed by atoms with E-state index in [1.165, 1.54) is 205 Å². The Balaban J connectivity index is 4.10. The number of carbonyl (C=O) groups excluding carboxylic acids is 3. The normalized spacial score (nSPS) is 13.3. The molecular weight excluding hydrogens is 1130 g/mol. The summed E-state index contributed by atoms with van der Waals surface area (Å²) < 4.78 is 22.8. The van der Waals surface area contributed by atoms with Crippen molar-refractivity contribution < 1.29 is 42.9 Å². The Morgan fingerprint density at radius 3 is 0.945 bits per heavy atom. The maximum atomic E-state index is 13.0. The van der Waals surface area contributed by atoms with Gasteiger partial charge in [0.25, 0.3) is 0 Å². The van der Waals surface area contributed by atoms with Gasteiger partial charge in [0, 0.05) is 12.8 Å². The topological polar surface area (TPSA) is 111 Å². The van der Waals surface area contributed by atoms with Crippen molar-refractivity contribution in [3.05, 3.63) is 109 Å². The molecule has 0 aromatic heterocycles. The minimum Gasteiger partial charge on any atom is -0.545 e. The van der Waals surface area contributed by atoms with Crippen LogP contribution in [0.3, 0.4) is 0 Å². The summed E-state index contributed by atoms with van der Waals surface area (Å²) in [7, 11) is 5.93. The first-order chi connectivity index (χ1) is 44.6. The summed E-state index contributed by atoms with van der Waals surface area (Å²) in [5, 5.41) is 11.8. The first-order valence-corrected chi connectivity index (χ1v) is 38.0. The number of rotatable bonds is 70. The number of ether oxygens (including phenoxy) is 4. The molecule has 0 heterocycles. The molecule has 0 rings (SSSR count). The van der Waals surface area contributed by atoms with Gasteiger partial charge in [-0.25, -0.2) is 0 Å². The molecule has 0 aromatic rings. The number of esters is 2. The van der Waals surface area contributed by atoms with Crippen LogP contribution in [0.25, 0.3) is 0 Å². The third-order valence-electron chi connectivity index (χ3n) is 16.5. The molecule has 0 aliphatic carbocycles. The van der Waals surface area contributed by atoms with Crippen molar-refractivity contribution in [3.63, 3.8) is 0 Å². The number of likely N-dealkylation sites (N-methyl/N-ethyl adjacent to an activating group) is 1. The zero-order valence-corrected chi connectivity index (χ0v) is 59.9. The summed E-state index contributed by atoms with van der Waals surface area (Å²) in [6, 6.07) is 0. The van der Waals surface area contributed by atoms with Crippen molar-refractivity contribution in [1.29, 1.82) is 0 Å². The number of allylic oxidation sites excluding steroid dienone is 18. The van der Waals surface area contributed by atoms with Crippen molar-refractivity contribution in [1.82, 2.24) is 0 Å². The Kier molecular flexibility index (Phi) is 68.6. The van der Waals surface area contributed by atoms with Crippen molar-refractivity contribution in [3.8, 4) is 0 Å². The molecule has 524 valence electrons. The van der Waals surface area contributed by atoms with E-state index >= 15 is 0 Å². The Bertz CT molecular complexity index is 1870. The van der Waals surface area contributed by atoms with Crippen LogP contribution >= 0.6 is 0 Å². The van der Waals surface area contributed by atoms with Crippen LogP contribution in [0.4, 0.5) is 0 Å². The molecule has 0 radical (unpaired) electrons. The van der Waals surface area contributed by atoms with Gasteiger partial charge in [0.2, 0.25) is 0 Å². The molecule has 2 unspecified atom stereocenters. The molecule has 0 fully saturated rings. The molecule has 0 amide bonds. The van der Waals surface area contributed by atoms with E-state index in [0.717, 1.165) is 96.3 Å². The number of aliphatic carboxylic acids is 1. The molecule has 0 saturated carbocycles. The average molecular weight is 1270 g/mol. The number of nitrogens with zero attached hydrogens (tertiary/aromatic N) is 1. The molecule has 0 aromatic carbocycles. The van der Waals surface area contributed by atoms with Crippen molar-refractivity contribution >= 4 is 17.9 Å². The molecule has 9 nitrogen and oxygen atoms in total. The third-order valence-corrected chi connectivity index (χ3v) is 16.5. The molecule has 0 bridgehead atoms. The van der Waals surface area contributed by atoms with E-state index in [4.69, 9.17) is 18.9 Å². The lowest BCUT2D eigenvalue weighted by molar-refractivity contribution is -0.870. The SMILES string of the molecule is CC/C=C\C/C=C\C/C=C\C/C=C\C/C=C\C/C=C\C/C=C\C/C=C\CCCCCCCCCCC(=O)OC(COC(=O)CCCCCCCCCCCCCCCCCCCCCCC/C=C\CCCCCCCCCC)COC(OCC[N+](C)(C)C)C(=O)[O-]. The van der Waals surface area contributed by atoms with Crippen LogP contribution < -0.4 is 5.11 Å². The highest BCUT2D eigenvalue weighted by Gasteiger charge is 2.22. The van der Waals surface area contributed by atoms with Gasteiger partial charge in [-0.1, -0.05) is 329 Å². The minimum absolute atomic E-state index is 0.142. The number of hydrogen-bond acceptors (Lipinski definition) is 8. The molecular formula is C82H143NO8. The number of carbonyl (C=O) groups is 3. The predicted octanol–water partition coefficient (Wildman–Crippen LogP) is 22.8. The standard InChI is InChI=1S/C82H143NO8/c1-6-8-10-12-14-16-18-20-22-24-26-28-30-32-34-36-38-40-42-44-46-48-50-52-54-56-58-60-62-64-66-68-70-72-79(84)89-76-78(77-90-82(81(86)87)88-75-74-83(3,4)5)91-80(85)73-71-69-67-65-63-61-59-57-55-53-51-49-47-45-43-41-39-37-35-33-31-29-27-25-23-21-19-17-15-13-11-9-7-2/h9,11,15,17,21,23-24,26-27,29,33,35,39,41,45,47,51,53,78,82H,6-8,10,12-14,16,18-20,22,25,28,30-32,34,36-38,40,42-44,46,48-50,52,54-77H2,1-5H3/b11-9-,17-15-,23-21-,26-24-,29-27-,35-33-,41-39-,47-45-,53-51-. The number of carboxylic acid groups (broad SMARTS) is 1. The summed E-state index contributed by atoms with van der Waals surface area (Å²) in [6.07, 6.45) is 97.6. The van der Waals surface area contributed by atoms with E-state index < -0.39 is 24.3 Å². The van der Waals surface area contributed by atoms with Crippen LogP contribution in [0.2, 0.25) is 0 Å². The second-order valence-electron chi connectivity index (χ2n) is 26.6. The zero-order chi connectivity index (χ0) is 66.1. The van der Waals surface area contributed by atoms with Crippen LogP contribution in [0.5, 0.6) is 0 Å². The summed E-state index contributed by atoms with van der Waals surface area (Å²) in [4.78, 5) is 37.6. The van der Waals surface area contributed by atoms with Gasteiger partial charge in [0.15, 0.2) is 12.4 Å². The van der Waals surface area contributed by atoms with Crippen molar-refractivity contribution in [2.75, 3.05) is 47.5 Å². The summed E-state index contributed by atoms with van der Waals surface area (Å²) in [6.45, 7) is 4.66. The lowest BCUT2D eigenvalue weighted by atomic mass is 10.0. The van der Waals surface area contributed by atoms with Gasteiger partial charge in [-0.05, 0) is 103 Å². The molecule has 9 heteroatoms. The lowest BCUT2D eigenvalue weighted by Gasteiger charge is -2.26. The third kappa shape index (κ3) is 73.2. The second-order valence-corrected chi connectivity index (χ2v) is 26.6. The van der Waals surface area contributed by atoms with Crippen LogP contribution in [0.1, 0.15) is 335 Å². The number of unbranched alkanes of at least 4 members (excludes halogenated alkanes) is 37. The summed E-state index contributed by atoms with van der Waals surface area (Å²) >= 11 is 0. The molecule has 0 aliphatic heterocycles. The van der Waals surface area contributed by atoms with Gasteiger partial charge in [-0.15, -0.1) is 0 Å². The number of hydrogen-bond donors (Lipinski definition) is 0. The van der Waals surface area contributed by atoms with E-state index in [1.807, 2.05) is 21.1 Å². The highest BCUT2D eigenvalue weighted by molar-refractivity contribution is 5.70. The van der Waals surface area contributed by atoms with Crippen LogP contribution in [0.15, 0.2) is 109 Å². The fourth-order valence-electron chi connectivity index (χ4n) is 10.7. The first kappa shape index (κ1) is 87.0. The molecule has 0 N–H and O–H groups in total. The second kappa shape index (κ2) is 71.8. The molecule has 0 aliphatic rings. The predicted molar refractivity (Wildman–Crippen MR) is 389 cm³/mol. The first-order valence-electron chi connectivity index (χ1n) is 38.0. The van der Waals surface area contributed by atoms with E-state index in [0.29, 0.717) is 17.4 Å². The fraction of sp³-hybridized carbons (Fsp3) is 0.744. The molecule has 2 atom stereocenters. The fourth-order valence-corrected chi connectivity index (χ4v) is 10.7. The van der Waals surface area contributed by atoms with Crippen molar-refractivity contribution in [2.45, 2.75) is 347 Å². The van der Waals surface area contributed by atoms with Gasteiger partial charge in [-0.3, -0.25) is 9.59 Å². The lowest BCUT2D eigenvalue weighted by Crippen LogP contribution is -2.44. The van der Waals surface area contributed by atoms with Gasteiger partial charge in [-0.2, -0.15) is 0 Å². The van der Waals surface area contributed by atoms with E-state index in [9.17, 15) is 19.5 Å². The quantitative estimate of drug-likeness (QED) is 0.0195. The van der Waals surface area contributed by atoms with Crippen LogP contribution in [-0.4, -0.2) is 82.3 Å². The average Bonchev–Trinajstić information content (AvgIpc) is 3.46. The number of quaternary nitrogens is 1. The maximum absolute atomic E-state index is 13.0. The molecule has 0 saturated heterocycles. The van der Waals surface area contributed by atoms with Gasteiger partial charge >= 0.3 is 11.9 Å². The minimum atomic E-state index is -1.63. The monoisotopic (exact) mass is 1270 g/mol. The Labute approximate surface area is 562 Å². The zero-order valence-electron chi connectivity index (χ0n) is 59.9.